The van der Waals surface area contributed by atoms with Gasteiger partial charge in [-0.2, -0.15) is 10.1 Å². The number of hydrogen-bond donors (Lipinski definition) is 3. The first-order valence-electron chi connectivity index (χ1n) is 9.91. The number of aromatic nitrogens is 4. The molecule has 9 nitrogen and oxygen atoms in total. The van der Waals surface area contributed by atoms with Crippen LogP contribution in [0.5, 0.6) is 0 Å². The van der Waals surface area contributed by atoms with Gasteiger partial charge >= 0.3 is 5.97 Å². The van der Waals surface area contributed by atoms with Gasteiger partial charge < -0.3 is 20.1 Å². The number of carbonyl (C=O) groups is 1. The van der Waals surface area contributed by atoms with Crippen molar-refractivity contribution in [1.82, 2.24) is 20.2 Å². The number of aromatic carboxylic acids is 1. The number of H-pyrrole nitrogens is 1. The van der Waals surface area contributed by atoms with Crippen molar-refractivity contribution < 1.29 is 14.6 Å². The molecule has 0 radical (unpaired) electrons. The molecule has 3 N–H and O–H groups in total. The summed E-state index contributed by atoms with van der Waals surface area (Å²) in [6.45, 7) is 2.70. The van der Waals surface area contributed by atoms with Crippen molar-refractivity contribution in [2.75, 3.05) is 36.5 Å². The average Bonchev–Trinajstić information content (AvgIpc) is 3.28. The third-order valence-electron chi connectivity index (χ3n) is 5.15. The van der Waals surface area contributed by atoms with Crippen LogP contribution in [0.2, 0.25) is 0 Å². The lowest BCUT2D eigenvalue weighted by atomic mass is 10.1. The third-order valence-corrected chi connectivity index (χ3v) is 5.15. The summed E-state index contributed by atoms with van der Waals surface area (Å²) in [6, 6.07) is 14.5. The Balaban J connectivity index is 1.52. The van der Waals surface area contributed by atoms with Crippen molar-refractivity contribution in [3.05, 3.63) is 60.3 Å². The second-order valence-corrected chi connectivity index (χ2v) is 7.22. The Morgan fingerprint density at radius 3 is 2.65 bits per heavy atom. The van der Waals surface area contributed by atoms with Crippen LogP contribution < -0.4 is 10.2 Å². The van der Waals surface area contributed by atoms with Crippen LogP contribution in [0.4, 0.5) is 17.5 Å². The smallest absolute Gasteiger partial charge is 0.335 e. The first-order valence-corrected chi connectivity index (χ1v) is 9.91. The molecule has 9 heteroatoms. The molecule has 31 heavy (non-hydrogen) atoms. The van der Waals surface area contributed by atoms with Crippen molar-refractivity contribution in [3.8, 4) is 11.3 Å². The highest BCUT2D eigenvalue weighted by molar-refractivity contribution is 5.88. The Morgan fingerprint density at radius 1 is 1.06 bits per heavy atom. The number of nitrogens with one attached hydrogen (secondary N) is 2. The highest BCUT2D eigenvalue weighted by atomic mass is 16.5. The molecule has 1 aliphatic heterocycles. The Morgan fingerprint density at radius 2 is 1.87 bits per heavy atom. The van der Waals surface area contributed by atoms with Crippen molar-refractivity contribution in [2.45, 2.75) is 0 Å². The fourth-order valence-electron chi connectivity index (χ4n) is 3.49. The number of morpholine rings is 1. The molecule has 0 unspecified atom stereocenters. The van der Waals surface area contributed by atoms with Crippen LogP contribution in [0.25, 0.3) is 22.2 Å². The fourth-order valence-corrected chi connectivity index (χ4v) is 3.49. The summed E-state index contributed by atoms with van der Waals surface area (Å²) in [7, 11) is 0. The summed E-state index contributed by atoms with van der Waals surface area (Å²) in [5.41, 5.74) is 3.63. The molecule has 0 amide bonds. The van der Waals surface area contributed by atoms with E-state index in [-0.39, 0.29) is 5.56 Å². The molecule has 0 saturated carbocycles. The Bertz CT molecular complexity index is 1230. The topological polar surface area (TPSA) is 116 Å². The number of fused-ring (bicyclic) bond motifs is 1. The maximum absolute atomic E-state index is 11.1. The monoisotopic (exact) mass is 416 g/mol. The fraction of sp³-hybridized carbons (Fsp3) is 0.182. The first kappa shape index (κ1) is 19.0. The SMILES string of the molecule is O=C(O)c1ccc(Nc2cc(-c3ccc4cn[nH]c4c3)nc(N3CCOCC3)n2)cc1. The van der Waals surface area contributed by atoms with Gasteiger partial charge in [-0.15, -0.1) is 0 Å². The molecular weight excluding hydrogens is 396 g/mol. The van der Waals surface area contributed by atoms with E-state index < -0.39 is 5.97 Å². The number of benzene rings is 2. The van der Waals surface area contributed by atoms with Gasteiger partial charge in [0.05, 0.1) is 36.2 Å². The Hall–Kier alpha value is -3.98. The van der Waals surface area contributed by atoms with Crippen LogP contribution in [0.15, 0.2) is 54.7 Å². The summed E-state index contributed by atoms with van der Waals surface area (Å²) >= 11 is 0. The van der Waals surface area contributed by atoms with E-state index in [1.54, 1.807) is 30.5 Å². The normalized spacial score (nSPS) is 14.0. The largest absolute Gasteiger partial charge is 0.478 e. The van der Waals surface area contributed by atoms with E-state index in [1.807, 2.05) is 24.3 Å². The molecule has 0 spiro atoms. The quantitative estimate of drug-likeness (QED) is 0.454. The molecule has 1 aliphatic rings. The minimum Gasteiger partial charge on any atom is -0.478 e. The number of carboxylic acids is 1. The number of aromatic amines is 1. The van der Waals surface area contributed by atoms with Gasteiger partial charge in [-0.25, -0.2) is 9.78 Å². The first-order chi connectivity index (χ1) is 15.2. The minimum absolute atomic E-state index is 0.232. The zero-order chi connectivity index (χ0) is 21.2. The molecule has 3 heterocycles. The van der Waals surface area contributed by atoms with Gasteiger partial charge in [0, 0.05) is 35.8 Å². The van der Waals surface area contributed by atoms with E-state index in [9.17, 15) is 4.79 Å². The maximum Gasteiger partial charge on any atom is 0.335 e. The lowest BCUT2D eigenvalue weighted by Crippen LogP contribution is -2.37. The van der Waals surface area contributed by atoms with Crippen molar-refractivity contribution in [3.63, 3.8) is 0 Å². The van der Waals surface area contributed by atoms with E-state index in [4.69, 9.17) is 19.8 Å². The molecular formula is C22H20N6O3. The van der Waals surface area contributed by atoms with Gasteiger partial charge in [-0.3, -0.25) is 5.10 Å². The lowest BCUT2D eigenvalue weighted by Gasteiger charge is -2.27. The number of nitrogens with zero attached hydrogens (tertiary/aromatic N) is 4. The molecule has 2 aromatic heterocycles. The second-order valence-electron chi connectivity index (χ2n) is 7.22. The summed E-state index contributed by atoms with van der Waals surface area (Å²) in [6.07, 6.45) is 1.78. The van der Waals surface area contributed by atoms with Gasteiger partial charge in [0.15, 0.2) is 0 Å². The van der Waals surface area contributed by atoms with Crippen LogP contribution in [-0.4, -0.2) is 57.5 Å². The van der Waals surface area contributed by atoms with Crippen molar-refractivity contribution in [1.29, 1.82) is 0 Å². The van der Waals surface area contributed by atoms with E-state index in [2.05, 4.69) is 20.4 Å². The molecule has 2 aromatic carbocycles. The molecule has 0 aliphatic carbocycles. The molecule has 1 fully saturated rings. The molecule has 1 saturated heterocycles. The zero-order valence-electron chi connectivity index (χ0n) is 16.6. The highest BCUT2D eigenvalue weighted by Gasteiger charge is 2.17. The Kier molecular flexibility index (Phi) is 4.93. The zero-order valence-corrected chi connectivity index (χ0v) is 16.6. The second kappa shape index (κ2) is 8.04. The summed E-state index contributed by atoms with van der Waals surface area (Å²) < 4.78 is 5.46. The molecule has 156 valence electrons. The molecule has 0 atom stereocenters. The number of anilines is 3. The van der Waals surface area contributed by atoms with Gasteiger partial charge in [0.1, 0.15) is 5.82 Å². The van der Waals surface area contributed by atoms with Gasteiger partial charge in [0.2, 0.25) is 5.95 Å². The van der Waals surface area contributed by atoms with Crippen molar-refractivity contribution in [2.24, 2.45) is 0 Å². The van der Waals surface area contributed by atoms with E-state index in [1.165, 1.54) is 0 Å². The van der Waals surface area contributed by atoms with Crippen molar-refractivity contribution >= 4 is 34.3 Å². The van der Waals surface area contributed by atoms with Crippen LogP contribution in [0.3, 0.4) is 0 Å². The van der Waals surface area contributed by atoms with Crippen LogP contribution in [-0.2, 0) is 4.74 Å². The van der Waals surface area contributed by atoms with Crippen LogP contribution in [0.1, 0.15) is 10.4 Å². The molecule has 0 bridgehead atoms. The van der Waals surface area contributed by atoms with E-state index in [0.29, 0.717) is 25.0 Å². The standard InChI is InChI=1S/C22H20N6O3/c29-21(30)14-3-5-17(6-4-14)24-20-12-18(15-1-2-16-13-23-27-19(16)11-15)25-22(26-20)28-7-9-31-10-8-28/h1-6,11-13H,7-10H2,(H,23,27)(H,29,30)(H,24,25,26). The number of carboxylic acid groups (broad SMARTS) is 1. The summed E-state index contributed by atoms with van der Waals surface area (Å²) in [5, 5.41) is 20.5. The molecule has 4 aromatic rings. The number of rotatable bonds is 5. The number of ether oxygens (including phenoxy) is 1. The predicted molar refractivity (Wildman–Crippen MR) is 117 cm³/mol. The summed E-state index contributed by atoms with van der Waals surface area (Å²) in [5.74, 6) is 0.286. The third kappa shape index (κ3) is 4.03. The predicted octanol–water partition coefficient (Wildman–Crippen LogP) is 3.30. The average molecular weight is 416 g/mol. The van der Waals surface area contributed by atoms with Gasteiger partial charge in [-0.05, 0) is 30.3 Å². The Labute approximate surface area is 177 Å². The summed E-state index contributed by atoms with van der Waals surface area (Å²) in [4.78, 5) is 22.7. The number of hydrogen-bond acceptors (Lipinski definition) is 7. The van der Waals surface area contributed by atoms with Crippen LogP contribution >= 0.6 is 0 Å². The minimum atomic E-state index is -0.959. The van der Waals surface area contributed by atoms with E-state index >= 15 is 0 Å². The molecule has 5 rings (SSSR count). The maximum atomic E-state index is 11.1. The van der Waals surface area contributed by atoms with E-state index in [0.717, 1.165) is 40.9 Å². The van der Waals surface area contributed by atoms with Gasteiger partial charge in [0.25, 0.3) is 0 Å². The lowest BCUT2D eigenvalue weighted by molar-refractivity contribution is 0.0697. The van der Waals surface area contributed by atoms with Gasteiger partial charge in [-0.1, -0.05) is 12.1 Å². The highest BCUT2D eigenvalue weighted by Crippen LogP contribution is 2.27. The van der Waals surface area contributed by atoms with Crippen LogP contribution in [0, 0.1) is 0 Å².